The monoisotopic (exact) mass is 262 g/mol. The van der Waals surface area contributed by atoms with E-state index in [1.165, 1.54) is 0 Å². The quantitative estimate of drug-likeness (QED) is 0.833. The number of nitrogens with one attached hydrogen (secondary N) is 1. The van der Waals surface area contributed by atoms with E-state index in [0.717, 1.165) is 26.6 Å². The van der Waals surface area contributed by atoms with Crippen LogP contribution in [-0.4, -0.2) is 4.98 Å². The molecule has 0 aliphatic rings. The first kappa shape index (κ1) is 10.3. The number of nitrogens with zero attached hydrogens (tertiary/aromatic N) is 1. The van der Waals surface area contributed by atoms with Crippen LogP contribution in [0.25, 0.3) is 10.9 Å². The molecule has 0 fully saturated rings. The van der Waals surface area contributed by atoms with Crippen molar-refractivity contribution in [2.24, 2.45) is 0 Å². The molecule has 3 heteroatoms. The maximum atomic E-state index is 9.00. The third-order valence-electron chi connectivity index (χ3n) is 2.64. The Morgan fingerprint density at radius 1 is 1.47 bits per heavy atom. The standard InChI is InChI=1S/C12H11BrN2/c1-7(6-14)11-8(2)15-10-5-3-4-9(13)12(10)11/h3-5,7,15H,1-2H3. The number of rotatable bonds is 1. The Bertz CT molecular complexity index is 548. The molecular weight excluding hydrogens is 252 g/mol. The van der Waals surface area contributed by atoms with Crippen molar-refractivity contribution in [3.63, 3.8) is 0 Å². The minimum absolute atomic E-state index is 0.0857. The Morgan fingerprint density at radius 3 is 2.87 bits per heavy atom. The first-order valence-electron chi connectivity index (χ1n) is 4.81. The average Bonchev–Trinajstić information content (AvgIpc) is 2.55. The zero-order valence-corrected chi connectivity index (χ0v) is 10.2. The van der Waals surface area contributed by atoms with Crippen LogP contribution in [0.4, 0.5) is 0 Å². The largest absolute Gasteiger partial charge is 0.358 e. The lowest BCUT2D eigenvalue weighted by Crippen LogP contribution is -1.90. The number of H-pyrrole nitrogens is 1. The van der Waals surface area contributed by atoms with Crippen LogP contribution in [0.5, 0.6) is 0 Å². The minimum Gasteiger partial charge on any atom is -0.358 e. The third kappa shape index (κ3) is 1.55. The number of hydrogen-bond donors (Lipinski definition) is 1. The lowest BCUT2D eigenvalue weighted by Gasteiger charge is -2.03. The van der Waals surface area contributed by atoms with Gasteiger partial charge in [0.25, 0.3) is 0 Å². The molecule has 2 rings (SSSR count). The van der Waals surface area contributed by atoms with Crippen LogP contribution in [0.1, 0.15) is 24.1 Å². The number of halogens is 1. The van der Waals surface area contributed by atoms with Crippen LogP contribution < -0.4 is 0 Å². The predicted molar refractivity (Wildman–Crippen MR) is 64.8 cm³/mol. The maximum absolute atomic E-state index is 9.00. The Morgan fingerprint density at radius 2 is 2.20 bits per heavy atom. The van der Waals surface area contributed by atoms with Gasteiger partial charge in [0.2, 0.25) is 0 Å². The maximum Gasteiger partial charge on any atom is 0.0708 e. The van der Waals surface area contributed by atoms with E-state index in [1.54, 1.807) is 0 Å². The highest BCUT2D eigenvalue weighted by atomic mass is 79.9. The summed E-state index contributed by atoms with van der Waals surface area (Å²) < 4.78 is 1.04. The van der Waals surface area contributed by atoms with Gasteiger partial charge in [-0.2, -0.15) is 5.26 Å². The van der Waals surface area contributed by atoms with Gasteiger partial charge in [-0.1, -0.05) is 22.0 Å². The predicted octanol–water partition coefficient (Wildman–Crippen LogP) is 3.87. The van der Waals surface area contributed by atoms with E-state index in [-0.39, 0.29) is 5.92 Å². The molecule has 0 spiro atoms. The topological polar surface area (TPSA) is 39.6 Å². The smallest absolute Gasteiger partial charge is 0.0708 e. The molecule has 1 atom stereocenters. The molecule has 1 N–H and O–H groups in total. The summed E-state index contributed by atoms with van der Waals surface area (Å²) in [6.45, 7) is 3.94. The summed E-state index contributed by atoms with van der Waals surface area (Å²) in [5, 5.41) is 10.1. The van der Waals surface area contributed by atoms with Gasteiger partial charge in [-0.05, 0) is 31.5 Å². The second kappa shape index (κ2) is 3.71. The van der Waals surface area contributed by atoms with Gasteiger partial charge < -0.3 is 4.98 Å². The summed E-state index contributed by atoms with van der Waals surface area (Å²) in [5.74, 6) is -0.0857. The number of aromatic amines is 1. The zero-order valence-electron chi connectivity index (χ0n) is 8.63. The lowest BCUT2D eigenvalue weighted by atomic mass is 9.99. The molecule has 0 aliphatic carbocycles. The van der Waals surface area contributed by atoms with Gasteiger partial charge in [-0.25, -0.2) is 0 Å². The van der Waals surface area contributed by atoms with Crippen molar-refractivity contribution in [1.82, 2.24) is 4.98 Å². The second-order valence-corrected chi connectivity index (χ2v) is 4.53. The van der Waals surface area contributed by atoms with E-state index < -0.39 is 0 Å². The van der Waals surface area contributed by atoms with Crippen LogP contribution in [0, 0.1) is 18.3 Å². The van der Waals surface area contributed by atoms with Crippen LogP contribution in [-0.2, 0) is 0 Å². The first-order valence-corrected chi connectivity index (χ1v) is 5.60. The first-order chi connectivity index (χ1) is 7.15. The average molecular weight is 263 g/mol. The van der Waals surface area contributed by atoms with Gasteiger partial charge in [-0.3, -0.25) is 0 Å². The summed E-state index contributed by atoms with van der Waals surface area (Å²) in [7, 11) is 0. The van der Waals surface area contributed by atoms with Crippen LogP contribution in [0.15, 0.2) is 22.7 Å². The van der Waals surface area contributed by atoms with Crippen molar-refractivity contribution in [3.05, 3.63) is 33.9 Å². The summed E-state index contributed by atoms with van der Waals surface area (Å²) in [6.07, 6.45) is 0. The Hall–Kier alpha value is -1.27. The fraction of sp³-hybridized carbons (Fsp3) is 0.250. The number of aryl methyl sites for hydroxylation is 1. The molecule has 0 radical (unpaired) electrons. The van der Waals surface area contributed by atoms with E-state index in [1.807, 2.05) is 32.0 Å². The number of aromatic nitrogens is 1. The fourth-order valence-electron chi connectivity index (χ4n) is 1.96. The van der Waals surface area contributed by atoms with Gasteiger partial charge in [0.15, 0.2) is 0 Å². The summed E-state index contributed by atoms with van der Waals surface area (Å²) in [5.41, 5.74) is 3.25. The van der Waals surface area contributed by atoms with E-state index in [4.69, 9.17) is 5.26 Å². The summed E-state index contributed by atoms with van der Waals surface area (Å²) >= 11 is 3.53. The molecule has 0 amide bonds. The molecule has 1 unspecified atom stereocenters. The normalized spacial score (nSPS) is 12.7. The Balaban J connectivity index is 2.84. The number of benzene rings is 1. The van der Waals surface area contributed by atoms with Crippen molar-refractivity contribution in [2.45, 2.75) is 19.8 Å². The van der Waals surface area contributed by atoms with Crippen molar-refractivity contribution in [2.75, 3.05) is 0 Å². The molecule has 2 aromatic rings. The molecular formula is C12H11BrN2. The van der Waals surface area contributed by atoms with Crippen molar-refractivity contribution >= 4 is 26.8 Å². The van der Waals surface area contributed by atoms with Gasteiger partial charge in [0.1, 0.15) is 0 Å². The molecule has 0 bridgehead atoms. The molecule has 1 aromatic heterocycles. The third-order valence-corrected chi connectivity index (χ3v) is 3.30. The fourth-order valence-corrected chi connectivity index (χ4v) is 2.54. The highest BCUT2D eigenvalue weighted by molar-refractivity contribution is 9.10. The number of nitriles is 1. The molecule has 0 aliphatic heterocycles. The molecule has 0 saturated heterocycles. The second-order valence-electron chi connectivity index (χ2n) is 3.68. The lowest BCUT2D eigenvalue weighted by molar-refractivity contribution is 0.972. The van der Waals surface area contributed by atoms with Crippen LogP contribution >= 0.6 is 15.9 Å². The van der Waals surface area contributed by atoms with Gasteiger partial charge in [-0.15, -0.1) is 0 Å². The molecule has 1 aromatic carbocycles. The number of hydrogen-bond acceptors (Lipinski definition) is 1. The minimum atomic E-state index is -0.0857. The Kier molecular flexibility index (Phi) is 2.54. The van der Waals surface area contributed by atoms with E-state index >= 15 is 0 Å². The highest BCUT2D eigenvalue weighted by Gasteiger charge is 2.16. The van der Waals surface area contributed by atoms with Crippen molar-refractivity contribution < 1.29 is 0 Å². The van der Waals surface area contributed by atoms with Crippen LogP contribution in [0.2, 0.25) is 0 Å². The van der Waals surface area contributed by atoms with Gasteiger partial charge in [0.05, 0.1) is 12.0 Å². The number of fused-ring (bicyclic) bond motifs is 1. The molecule has 0 saturated carbocycles. The van der Waals surface area contributed by atoms with E-state index in [0.29, 0.717) is 0 Å². The summed E-state index contributed by atoms with van der Waals surface area (Å²) in [6, 6.07) is 8.31. The SMILES string of the molecule is Cc1[nH]c2cccc(Br)c2c1C(C)C#N. The molecule has 2 nitrogen and oxygen atoms in total. The Labute approximate surface area is 97.0 Å². The van der Waals surface area contributed by atoms with Crippen LogP contribution in [0.3, 0.4) is 0 Å². The summed E-state index contributed by atoms with van der Waals surface area (Å²) in [4.78, 5) is 3.30. The van der Waals surface area contributed by atoms with Crippen molar-refractivity contribution in [3.8, 4) is 6.07 Å². The molecule has 15 heavy (non-hydrogen) atoms. The highest BCUT2D eigenvalue weighted by Crippen LogP contribution is 2.33. The van der Waals surface area contributed by atoms with Crippen molar-refractivity contribution in [1.29, 1.82) is 5.26 Å². The molecule has 1 heterocycles. The van der Waals surface area contributed by atoms with Gasteiger partial charge in [0, 0.05) is 21.1 Å². The molecule has 76 valence electrons. The van der Waals surface area contributed by atoms with E-state index in [2.05, 4.69) is 27.0 Å². The van der Waals surface area contributed by atoms with E-state index in [9.17, 15) is 0 Å². The zero-order chi connectivity index (χ0) is 11.0. The van der Waals surface area contributed by atoms with Gasteiger partial charge >= 0.3 is 0 Å².